The number of carbonyl (C=O) groups excluding carboxylic acids is 1. The molecule has 2 nitrogen and oxygen atoms in total. The molecular formula is C24H21NO. The Morgan fingerprint density at radius 3 is 2.23 bits per heavy atom. The summed E-state index contributed by atoms with van der Waals surface area (Å²) in [4.78, 5) is 15.4. The van der Waals surface area contributed by atoms with Crippen LogP contribution in [0, 0.1) is 0 Å². The molecule has 0 amide bonds. The Labute approximate surface area is 154 Å². The van der Waals surface area contributed by atoms with Crippen molar-refractivity contribution in [3.8, 4) is 0 Å². The fraction of sp³-hybridized carbons (Fsp3) is 0.125. The van der Waals surface area contributed by atoms with Gasteiger partial charge < -0.3 is 4.90 Å². The van der Waals surface area contributed by atoms with E-state index in [9.17, 15) is 4.79 Å². The first-order chi connectivity index (χ1) is 12.6. The zero-order valence-electron chi connectivity index (χ0n) is 15.0. The van der Waals surface area contributed by atoms with E-state index < -0.39 is 0 Å². The highest BCUT2D eigenvalue weighted by atomic mass is 16.1. The van der Waals surface area contributed by atoms with E-state index in [4.69, 9.17) is 0 Å². The Bertz CT molecular complexity index is 1030. The molecule has 0 saturated heterocycles. The number of fused-ring (bicyclic) bond motifs is 1. The molecule has 0 heterocycles. The molecule has 3 aromatic carbocycles. The molecule has 1 unspecified atom stereocenters. The second-order valence-electron chi connectivity index (χ2n) is 6.83. The van der Waals surface area contributed by atoms with E-state index in [-0.39, 0.29) is 11.7 Å². The molecule has 3 aromatic rings. The number of hydrogen-bond acceptors (Lipinski definition) is 2. The minimum absolute atomic E-state index is 0.0739. The molecule has 0 N–H and O–H groups in total. The molecule has 0 spiro atoms. The number of nitrogens with zero attached hydrogens (tertiary/aromatic N) is 1. The van der Waals surface area contributed by atoms with Gasteiger partial charge in [-0.2, -0.15) is 0 Å². The van der Waals surface area contributed by atoms with Crippen LogP contribution in [0.3, 0.4) is 0 Å². The summed E-state index contributed by atoms with van der Waals surface area (Å²) in [5.74, 6) is 0.169. The fourth-order valence-corrected chi connectivity index (χ4v) is 3.61. The molecule has 0 aliphatic heterocycles. The number of carbonyl (C=O) groups is 1. The fourth-order valence-electron chi connectivity index (χ4n) is 3.61. The monoisotopic (exact) mass is 339 g/mol. The van der Waals surface area contributed by atoms with Crippen molar-refractivity contribution in [1.82, 2.24) is 4.90 Å². The van der Waals surface area contributed by atoms with E-state index in [1.807, 2.05) is 62.6 Å². The van der Waals surface area contributed by atoms with Gasteiger partial charge in [-0.15, -0.1) is 0 Å². The van der Waals surface area contributed by atoms with Gasteiger partial charge in [-0.1, -0.05) is 66.7 Å². The van der Waals surface area contributed by atoms with Crippen molar-refractivity contribution >= 4 is 16.6 Å². The molecule has 1 aliphatic carbocycles. The van der Waals surface area contributed by atoms with Crippen LogP contribution in [0.25, 0.3) is 10.8 Å². The summed E-state index contributed by atoms with van der Waals surface area (Å²) in [5, 5.41) is 2.25. The SMILES string of the molecule is CN(C)C1=CC=CC1c1cc2ccccc2cc1C(=O)c1ccccc1. The predicted octanol–water partition coefficient (Wildman–Crippen LogP) is 5.17. The third-order valence-corrected chi connectivity index (χ3v) is 4.94. The van der Waals surface area contributed by atoms with Crippen LogP contribution in [0.2, 0.25) is 0 Å². The second kappa shape index (κ2) is 6.64. The third-order valence-electron chi connectivity index (χ3n) is 4.94. The summed E-state index contributed by atoms with van der Waals surface area (Å²) >= 11 is 0. The van der Waals surface area contributed by atoms with Crippen molar-refractivity contribution in [2.45, 2.75) is 5.92 Å². The van der Waals surface area contributed by atoms with Gasteiger partial charge in [0.05, 0.1) is 0 Å². The van der Waals surface area contributed by atoms with E-state index in [1.165, 1.54) is 5.70 Å². The maximum absolute atomic E-state index is 13.3. The van der Waals surface area contributed by atoms with Crippen molar-refractivity contribution in [1.29, 1.82) is 0 Å². The summed E-state index contributed by atoms with van der Waals surface area (Å²) in [6.45, 7) is 0. The first-order valence-electron chi connectivity index (χ1n) is 8.83. The summed E-state index contributed by atoms with van der Waals surface area (Å²) in [6, 6.07) is 22.0. The highest BCUT2D eigenvalue weighted by molar-refractivity contribution is 6.12. The van der Waals surface area contributed by atoms with Gasteiger partial charge in [0.25, 0.3) is 0 Å². The Kier molecular flexibility index (Phi) is 4.18. The average Bonchev–Trinajstić information content (AvgIpc) is 3.17. The molecule has 128 valence electrons. The zero-order valence-corrected chi connectivity index (χ0v) is 15.0. The molecule has 4 rings (SSSR count). The minimum Gasteiger partial charge on any atom is -0.380 e. The van der Waals surface area contributed by atoms with Crippen molar-refractivity contribution < 1.29 is 4.79 Å². The van der Waals surface area contributed by atoms with Crippen LogP contribution in [0.5, 0.6) is 0 Å². The van der Waals surface area contributed by atoms with Gasteiger partial charge >= 0.3 is 0 Å². The Hall–Kier alpha value is -3.13. The van der Waals surface area contributed by atoms with E-state index in [1.54, 1.807) is 0 Å². The van der Waals surface area contributed by atoms with Crippen molar-refractivity contribution in [3.05, 3.63) is 107 Å². The third kappa shape index (κ3) is 2.84. The van der Waals surface area contributed by atoms with Gasteiger partial charge in [0, 0.05) is 36.8 Å². The van der Waals surface area contributed by atoms with Crippen LogP contribution in [0.1, 0.15) is 27.4 Å². The lowest BCUT2D eigenvalue weighted by Crippen LogP contribution is -2.17. The number of allylic oxidation sites excluding steroid dienone is 3. The largest absolute Gasteiger partial charge is 0.380 e. The number of rotatable bonds is 4. The number of likely N-dealkylation sites (N-methyl/N-ethyl adjacent to an activating group) is 1. The van der Waals surface area contributed by atoms with Crippen LogP contribution in [0.4, 0.5) is 0 Å². The number of hydrogen-bond donors (Lipinski definition) is 0. The van der Waals surface area contributed by atoms with E-state index in [0.29, 0.717) is 0 Å². The van der Waals surface area contributed by atoms with E-state index >= 15 is 0 Å². The van der Waals surface area contributed by atoms with Crippen LogP contribution < -0.4 is 0 Å². The summed E-state index contributed by atoms with van der Waals surface area (Å²) in [6.07, 6.45) is 6.36. The van der Waals surface area contributed by atoms with Crippen molar-refractivity contribution in [3.63, 3.8) is 0 Å². The zero-order chi connectivity index (χ0) is 18.1. The Morgan fingerprint density at radius 1 is 0.885 bits per heavy atom. The molecule has 0 radical (unpaired) electrons. The normalized spacial score (nSPS) is 15.9. The lowest BCUT2D eigenvalue weighted by Gasteiger charge is -2.24. The molecule has 2 heteroatoms. The first-order valence-corrected chi connectivity index (χ1v) is 8.83. The second-order valence-corrected chi connectivity index (χ2v) is 6.83. The van der Waals surface area contributed by atoms with Crippen molar-refractivity contribution in [2.24, 2.45) is 0 Å². The summed E-state index contributed by atoms with van der Waals surface area (Å²) < 4.78 is 0. The van der Waals surface area contributed by atoms with Gasteiger partial charge in [0.2, 0.25) is 0 Å². The molecule has 0 saturated carbocycles. The van der Waals surface area contributed by atoms with E-state index in [2.05, 4.69) is 41.3 Å². The Balaban J connectivity index is 1.92. The van der Waals surface area contributed by atoms with Gasteiger partial charge in [-0.05, 0) is 34.5 Å². The van der Waals surface area contributed by atoms with Gasteiger partial charge in [0.1, 0.15) is 0 Å². The highest BCUT2D eigenvalue weighted by Crippen LogP contribution is 2.36. The van der Waals surface area contributed by atoms with Gasteiger partial charge in [0.15, 0.2) is 5.78 Å². The molecule has 0 fully saturated rings. The first kappa shape index (κ1) is 16.3. The summed E-state index contributed by atoms with van der Waals surface area (Å²) in [5.41, 5.74) is 3.76. The maximum Gasteiger partial charge on any atom is 0.193 e. The Morgan fingerprint density at radius 2 is 1.54 bits per heavy atom. The van der Waals surface area contributed by atoms with Crippen molar-refractivity contribution in [2.75, 3.05) is 14.1 Å². The molecule has 0 aromatic heterocycles. The lowest BCUT2D eigenvalue weighted by molar-refractivity contribution is 0.103. The van der Waals surface area contributed by atoms with Gasteiger partial charge in [-0.3, -0.25) is 4.79 Å². The predicted molar refractivity (Wildman–Crippen MR) is 107 cm³/mol. The van der Waals surface area contributed by atoms with Crippen LogP contribution in [-0.2, 0) is 0 Å². The quantitative estimate of drug-likeness (QED) is 0.611. The molecular weight excluding hydrogens is 318 g/mol. The smallest absolute Gasteiger partial charge is 0.193 e. The molecule has 1 atom stereocenters. The maximum atomic E-state index is 13.3. The molecule has 26 heavy (non-hydrogen) atoms. The minimum atomic E-state index is 0.0739. The number of ketones is 1. The summed E-state index contributed by atoms with van der Waals surface area (Å²) in [7, 11) is 4.09. The van der Waals surface area contributed by atoms with Crippen LogP contribution >= 0.6 is 0 Å². The average molecular weight is 339 g/mol. The topological polar surface area (TPSA) is 20.3 Å². The van der Waals surface area contributed by atoms with E-state index in [0.717, 1.165) is 27.5 Å². The van der Waals surface area contributed by atoms with Crippen LogP contribution in [0.15, 0.2) is 90.7 Å². The highest BCUT2D eigenvalue weighted by Gasteiger charge is 2.25. The van der Waals surface area contributed by atoms with Crippen LogP contribution in [-0.4, -0.2) is 24.8 Å². The van der Waals surface area contributed by atoms with Gasteiger partial charge in [-0.25, -0.2) is 0 Å². The lowest BCUT2D eigenvalue weighted by atomic mass is 9.87. The molecule has 1 aliphatic rings. The number of benzene rings is 3. The standard InChI is InChI=1S/C24H21NO/c1-25(2)23-14-8-13-20(23)21-15-18-11-6-7-12-19(18)16-22(21)24(26)17-9-4-3-5-10-17/h3-16,20H,1-2H3. The molecule has 0 bridgehead atoms.